The summed E-state index contributed by atoms with van der Waals surface area (Å²) in [6, 6.07) is 4.89. The molecule has 1 aromatic heterocycles. The number of hydrogen-bond acceptors (Lipinski definition) is 11. The van der Waals surface area contributed by atoms with E-state index in [4.69, 9.17) is 14.2 Å². The molecule has 0 radical (unpaired) electrons. The topological polar surface area (TPSA) is 195 Å². The molecule has 1 saturated heterocycles. The van der Waals surface area contributed by atoms with Crippen LogP contribution >= 0.6 is 0 Å². The van der Waals surface area contributed by atoms with Crippen molar-refractivity contribution in [3.05, 3.63) is 36.9 Å². The monoisotopic (exact) mass is 730 g/mol. The minimum atomic E-state index is -3.93. The average molecular weight is 731 g/mol. The smallest absolute Gasteiger partial charge is 0.408 e. The van der Waals surface area contributed by atoms with Gasteiger partial charge in [0, 0.05) is 6.42 Å². The second-order valence-electron chi connectivity index (χ2n) is 15.2. The van der Waals surface area contributed by atoms with Gasteiger partial charge < -0.3 is 29.7 Å². The van der Waals surface area contributed by atoms with E-state index in [-0.39, 0.29) is 25.3 Å². The number of hydrogen-bond donors (Lipinski definition) is 3. The van der Waals surface area contributed by atoms with Crippen LogP contribution in [-0.4, -0.2) is 95.1 Å². The molecular formula is C35H50N6O9S. The van der Waals surface area contributed by atoms with Gasteiger partial charge in [0.05, 0.1) is 29.2 Å². The van der Waals surface area contributed by atoms with Gasteiger partial charge in [-0.25, -0.2) is 13.2 Å². The summed E-state index contributed by atoms with van der Waals surface area (Å²) in [5.41, 5.74) is -3.40. The van der Waals surface area contributed by atoms with E-state index in [0.717, 1.165) is 0 Å². The Balaban J connectivity index is 1.68. The van der Waals surface area contributed by atoms with Crippen LogP contribution < -0.4 is 24.8 Å². The number of aromatic nitrogens is 2. The first-order chi connectivity index (χ1) is 23.7. The number of nitrogens with one attached hydrogen (secondary N) is 3. The maximum Gasteiger partial charge on any atom is 0.408 e. The van der Waals surface area contributed by atoms with Gasteiger partial charge in [-0.3, -0.25) is 19.1 Å². The normalized spacial score (nSPS) is 19.7. The van der Waals surface area contributed by atoms with Crippen LogP contribution in [0.5, 0.6) is 11.8 Å². The number of likely N-dealkylation sites (tertiary alicyclic amines) is 1. The standard InChI is InChI=1S/C35H50N6O9S/c1-10-18-35(9,31(44)40-51(46,47)22-16-17-22)37-27(42)25-19-21(49-29-24-15-13-12-14-23(24)28(38-39-29)48-11-2)20-41(25)30(43)26(33(3,4)5)36-32(45)50-34(6,7)8/h10,12-15,21-22,25-26H,1,11,16-20H2,2-9H3,(H,36,45)(H,37,42)(H,40,44). The lowest BCUT2D eigenvalue weighted by Crippen LogP contribution is -2.62. The van der Waals surface area contributed by atoms with Gasteiger partial charge in [-0.1, -0.05) is 39.0 Å². The number of benzene rings is 1. The number of alkyl carbamates (subject to hydrolysis) is 1. The Hall–Kier alpha value is -4.47. The number of amides is 4. The summed E-state index contributed by atoms with van der Waals surface area (Å²) < 4.78 is 44.8. The number of carbonyl (C=O) groups excluding carboxylic acids is 4. The molecule has 0 spiro atoms. The van der Waals surface area contributed by atoms with Crippen molar-refractivity contribution in [2.75, 3.05) is 13.2 Å². The van der Waals surface area contributed by atoms with Gasteiger partial charge >= 0.3 is 6.09 Å². The van der Waals surface area contributed by atoms with Crippen LogP contribution in [0.4, 0.5) is 4.79 Å². The first-order valence-electron chi connectivity index (χ1n) is 17.0. The van der Waals surface area contributed by atoms with Gasteiger partial charge in [-0.05, 0) is 71.4 Å². The molecule has 4 unspecified atom stereocenters. The predicted molar refractivity (Wildman–Crippen MR) is 189 cm³/mol. The molecule has 280 valence electrons. The maximum atomic E-state index is 14.4. The zero-order valence-corrected chi connectivity index (χ0v) is 31.4. The molecule has 51 heavy (non-hydrogen) atoms. The van der Waals surface area contributed by atoms with Gasteiger partial charge in [0.25, 0.3) is 5.91 Å². The van der Waals surface area contributed by atoms with E-state index in [9.17, 15) is 27.6 Å². The van der Waals surface area contributed by atoms with Crippen LogP contribution in [0.15, 0.2) is 36.9 Å². The second-order valence-corrected chi connectivity index (χ2v) is 17.2. The van der Waals surface area contributed by atoms with Gasteiger partial charge in [-0.2, -0.15) is 0 Å². The summed E-state index contributed by atoms with van der Waals surface area (Å²) in [4.78, 5) is 56.2. The van der Waals surface area contributed by atoms with Crippen molar-refractivity contribution < 1.29 is 41.8 Å². The fraction of sp³-hybridized carbons (Fsp3) is 0.600. The first kappa shape index (κ1) is 39.3. The Labute approximate surface area is 299 Å². The highest BCUT2D eigenvalue weighted by atomic mass is 32.2. The number of sulfonamides is 1. The second kappa shape index (κ2) is 15.0. The van der Waals surface area contributed by atoms with Crippen molar-refractivity contribution in [2.45, 2.75) is 116 Å². The largest absolute Gasteiger partial charge is 0.476 e. The molecule has 2 fully saturated rings. The van der Waals surface area contributed by atoms with Gasteiger partial charge in [-0.15, -0.1) is 16.8 Å². The Kier molecular flexibility index (Phi) is 11.6. The zero-order chi connectivity index (χ0) is 37.9. The fourth-order valence-electron chi connectivity index (χ4n) is 5.71. The van der Waals surface area contributed by atoms with Crippen molar-refractivity contribution in [1.29, 1.82) is 0 Å². The predicted octanol–water partition coefficient (Wildman–Crippen LogP) is 3.38. The lowest BCUT2D eigenvalue weighted by molar-refractivity contribution is -0.143. The van der Waals surface area contributed by atoms with E-state index >= 15 is 0 Å². The fourth-order valence-corrected chi connectivity index (χ4v) is 7.11. The zero-order valence-electron chi connectivity index (χ0n) is 30.6. The summed E-state index contributed by atoms with van der Waals surface area (Å²) in [6.07, 6.45) is 0.537. The molecular weight excluding hydrogens is 680 g/mol. The SMILES string of the molecule is C=CCC(C)(NC(=O)C1CC(Oc2nnc(OCC)c3ccccc23)CN1C(=O)C(NC(=O)OC(C)(C)C)C(C)(C)C)C(=O)NS(=O)(=O)C1CC1. The molecule has 1 aromatic carbocycles. The van der Waals surface area contributed by atoms with Crippen LogP contribution in [0.25, 0.3) is 10.8 Å². The van der Waals surface area contributed by atoms with E-state index in [2.05, 4.69) is 32.1 Å². The Bertz CT molecular complexity index is 1770. The van der Waals surface area contributed by atoms with Crippen molar-refractivity contribution >= 4 is 44.6 Å². The van der Waals surface area contributed by atoms with E-state index in [1.807, 2.05) is 19.1 Å². The van der Waals surface area contributed by atoms with Crippen LogP contribution in [0.3, 0.4) is 0 Å². The van der Waals surface area contributed by atoms with E-state index in [1.54, 1.807) is 53.7 Å². The van der Waals surface area contributed by atoms with Gasteiger partial charge in [0.1, 0.15) is 29.3 Å². The molecule has 0 bridgehead atoms. The Morgan fingerprint density at radius 3 is 2.18 bits per heavy atom. The highest BCUT2D eigenvalue weighted by Gasteiger charge is 2.49. The molecule has 1 aliphatic heterocycles. The highest BCUT2D eigenvalue weighted by molar-refractivity contribution is 7.91. The van der Waals surface area contributed by atoms with E-state index in [1.165, 1.54) is 17.9 Å². The number of ether oxygens (including phenoxy) is 3. The third-order valence-corrected chi connectivity index (χ3v) is 10.3. The first-order valence-corrected chi connectivity index (χ1v) is 18.6. The van der Waals surface area contributed by atoms with E-state index < -0.39 is 73.8 Å². The summed E-state index contributed by atoms with van der Waals surface area (Å²) in [5.74, 6) is -1.76. The molecule has 4 rings (SSSR count). The molecule has 2 aromatic rings. The number of rotatable bonds is 13. The highest BCUT2D eigenvalue weighted by Crippen LogP contribution is 2.33. The van der Waals surface area contributed by atoms with Gasteiger partial charge in [0.2, 0.25) is 33.6 Å². The van der Waals surface area contributed by atoms with E-state index in [0.29, 0.717) is 36.1 Å². The molecule has 4 amide bonds. The quantitative estimate of drug-likeness (QED) is 0.256. The molecule has 1 saturated carbocycles. The third-order valence-electron chi connectivity index (χ3n) is 8.45. The third kappa shape index (κ3) is 9.65. The summed E-state index contributed by atoms with van der Waals surface area (Å²) in [7, 11) is -3.93. The van der Waals surface area contributed by atoms with Crippen molar-refractivity contribution in [2.24, 2.45) is 5.41 Å². The molecule has 3 N–H and O–H groups in total. The Morgan fingerprint density at radius 2 is 1.63 bits per heavy atom. The van der Waals surface area contributed by atoms with Gasteiger partial charge in [0.15, 0.2) is 0 Å². The number of carbonyl (C=O) groups is 4. The molecule has 2 heterocycles. The van der Waals surface area contributed by atoms with Crippen LogP contribution in [0, 0.1) is 5.41 Å². The summed E-state index contributed by atoms with van der Waals surface area (Å²) in [6.45, 7) is 17.6. The lowest BCUT2D eigenvalue weighted by Gasteiger charge is -2.36. The molecule has 15 nitrogen and oxygen atoms in total. The summed E-state index contributed by atoms with van der Waals surface area (Å²) >= 11 is 0. The molecule has 2 aliphatic rings. The minimum absolute atomic E-state index is 0.0315. The molecule has 1 aliphatic carbocycles. The van der Waals surface area contributed by atoms with Crippen molar-refractivity contribution in [3.63, 3.8) is 0 Å². The number of nitrogens with zero attached hydrogens (tertiary/aromatic N) is 3. The van der Waals surface area contributed by atoms with Crippen LogP contribution in [0.2, 0.25) is 0 Å². The number of fused-ring (bicyclic) bond motifs is 1. The van der Waals surface area contributed by atoms with Crippen molar-refractivity contribution in [1.82, 2.24) is 30.5 Å². The molecule has 4 atom stereocenters. The average Bonchev–Trinajstić information content (AvgIpc) is 3.80. The Morgan fingerprint density at radius 1 is 1.02 bits per heavy atom. The molecule has 16 heteroatoms. The maximum absolute atomic E-state index is 14.4. The summed E-state index contributed by atoms with van der Waals surface area (Å²) in [5, 5.41) is 14.4. The van der Waals surface area contributed by atoms with Crippen molar-refractivity contribution in [3.8, 4) is 11.8 Å². The van der Waals surface area contributed by atoms with Crippen LogP contribution in [-0.2, 0) is 29.1 Å². The minimum Gasteiger partial charge on any atom is -0.476 e. The van der Waals surface area contributed by atoms with Crippen LogP contribution in [0.1, 0.15) is 81.1 Å². The lowest BCUT2D eigenvalue weighted by atomic mass is 9.85.